The lowest BCUT2D eigenvalue weighted by Crippen LogP contribution is -2.21. The first-order valence-electron chi connectivity index (χ1n) is 7.78. The van der Waals surface area contributed by atoms with Gasteiger partial charge in [-0.1, -0.05) is 12.1 Å². The Morgan fingerprint density at radius 2 is 2.04 bits per heavy atom. The number of nitrogens with one attached hydrogen (secondary N) is 1. The molecule has 1 heterocycles. The fourth-order valence-electron chi connectivity index (χ4n) is 2.60. The van der Waals surface area contributed by atoms with Crippen molar-refractivity contribution in [3.8, 4) is 5.75 Å². The number of hydrogen-bond donors (Lipinski definition) is 1. The summed E-state index contributed by atoms with van der Waals surface area (Å²) < 4.78 is 31.7. The van der Waals surface area contributed by atoms with E-state index >= 15 is 0 Å². The van der Waals surface area contributed by atoms with Gasteiger partial charge < -0.3 is 10.1 Å². The van der Waals surface area contributed by atoms with Crippen LogP contribution in [-0.4, -0.2) is 46.2 Å². The topological polar surface area (TPSA) is 64.6 Å². The van der Waals surface area contributed by atoms with Gasteiger partial charge in [0.05, 0.1) is 20.0 Å². The molecule has 1 fully saturated rings. The number of rotatable bonds is 9. The first-order valence-corrected chi connectivity index (χ1v) is 10.6. The molecular weight excluding hydrogens is 334 g/mol. The highest BCUT2D eigenvalue weighted by Crippen LogP contribution is 2.27. The minimum Gasteiger partial charge on any atom is -0.497 e. The number of hydrogen-bond acceptors (Lipinski definition) is 6. The Morgan fingerprint density at radius 3 is 2.70 bits per heavy atom. The first-order chi connectivity index (χ1) is 11.0. The van der Waals surface area contributed by atoms with Crippen molar-refractivity contribution in [1.82, 2.24) is 5.32 Å². The van der Waals surface area contributed by atoms with Crippen LogP contribution in [0, 0.1) is 0 Å². The number of benzene rings is 1. The van der Waals surface area contributed by atoms with Crippen molar-refractivity contribution < 1.29 is 17.3 Å². The fraction of sp³-hybridized carbons (Fsp3) is 0.625. The Morgan fingerprint density at radius 1 is 1.30 bits per heavy atom. The SMILES string of the molecule is COc1ccc(CS[C@H]2CN[C@H](CCCOS(C)(=O)=O)C2)cc1. The highest BCUT2D eigenvalue weighted by molar-refractivity contribution is 7.99. The summed E-state index contributed by atoms with van der Waals surface area (Å²) in [6, 6.07) is 8.66. The Hall–Kier alpha value is -0.760. The second-order valence-corrected chi connectivity index (χ2v) is 8.72. The van der Waals surface area contributed by atoms with Crippen molar-refractivity contribution in [2.24, 2.45) is 0 Å². The smallest absolute Gasteiger partial charge is 0.264 e. The van der Waals surface area contributed by atoms with E-state index in [1.165, 1.54) is 5.56 Å². The molecule has 5 nitrogen and oxygen atoms in total. The molecule has 0 aromatic heterocycles. The maximum Gasteiger partial charge on any atom is 0.264 e. The van der Waals surface area contributed by atoms with Crippen molar-refractivity contribution in [2.45, 2.75) is 36.3 Å². The molecule has 1 aromatic rings. The van der Waals surface area contributed by atoms with Gasteiger partial charge in [0.15, 0.2) is 0 Å². The largest absolute Gasteiger partial charge is 0.497 e. The maximum atomic E-state index is 10.9. The van der Waals surface area contributed by atoms with Crippen LogP contribution in [-0.2, 0) is 20.1 Å². The predicted molar refractivity (Wildman–Crippen MR) is 94.5 cm³/mol. The lowest BCUT2D eigenvalue weighted by molar-refractivity contribution is 0.304. The molecule has 1 N–H and O–H groups in total. The van der Waals surface area contributed by atoms with Crippen molar-refractivity contribution in [3.05, 3.63) is 29.8 Å². The number of ether oxygens (including phenoxy) is 1. The Labute approximate surface area is 143 Å². The Kier molecular flexibility index (Phi) is 7.20. The molecule has 0 aliphatic carbocycles. The fourth-order valence-corrected chi connectivity index (χ4v) is 4.23. The molecule has 1 aliphatic heterocycles. The van der Waals surface area contributed by atoms with Gasteiger partial charge >= 0.3 is 0 Å². The van der Waals surface area contributed by atoms with Gasteiger partial charge in [0.2, 0.25) is 0 Å². The average molecular weight is 360 g/mol. The summed E-state index contributed by atoms with van der Waals surface area (Å²) in [5, 5.41) is 4.12. The van der Waals surface area contributed by atoms with E-state index in [2.05, 4.69) is 17.4 Å². The zero-order chi connectivity index (χ0) is 16.7. The van der Waals surface area contributed by atoms with Crippen molar-refractivity contribution in [2.75, 3.05) is 26.5 Å². The van der Waals surface area contributed by atoms with E-state index in [0.29, 0.717) is 11.3 Å². The number of methoxy groups -OCH3 is 1. The van der Waals surface area contributed by atoms with Gasteiger partial charge in [-0.2, -0.15) is 20.2 Å². The highest BCUT2D eigenvalue weighted by Gasteiger charge is 2.23. The molecule has 1 aromatic carbocycles. The van der Waals surface area contributed by atoms with Crippen LogP contribution in [0.4, 0.5) is 0 Å². The maximum absolute atomic E-state index is 10.9. The van der Waals surface area contributed by atoms with Crippen molar-refractivity contribution >= 4 is 21.9 Å². The first kappa shape index (κ1) is 18.6. The molecule has 0 radical (unpaired) electrons. The summed E-state index contributed by atoms with van der Waals surface area (Å²) in [5.74, 6) is 1.89. The Balaban J connectivity index is 1.63. The molecule has 7 heteroatoms. The van der Waals surface area contributed by atoms with Crippen LogP contribution in [0.3, 0.4) is 0 Å². The predicted octanol–water partition coefficient (Wildman–Crippen LogP) is 2.42. The standard InChI is InChI=1S/C16H25NO4S2/c1-20-15-7-5-13(6-8-15)12-22-16-10-14(17-11-16)4-3-9-21-23(2,18)19/h5-8,14,16-17H,3-4,9-12H2,1-2H3/t14-,16-/m1/s1. The van der Waals surface area contributed by atoms with Crippen molar-refractivity contribution in [3.63, 3.8) is 0 Å². The monoisotopic (exact) mass is 359 g/mol. The molecular formula is C16H25NO4S2. The van der Waals surface area contributed by atoms with E-state index in [1.54, 1.807) is 7.11 Å². The molecule has 0 spiro atoms. The summed E-state index contributed by atoms with van der Waals surface area (Å²) in [7, 11) is -1.63. The summed E-state index contributed by atoms with van der Waals surface area (Å²) in [5.41, 5.74) is 1.31. The summed E-state index contributed by atoms with van der Waals surface area (Å²) in [6.45, 7) is 1.29. The second kappa shape index (κ2) is 8.92. The summed E-state index contributed by atoms with van der Waals surface area (Å²) in [6.07, 6.45) is 3.93. The highest BCUT2D eigenvalue weighted by atomic mass is 32.2. The van der Waals surface area contributed by atoms with Crippen LogP contribution in [0.15, 0.2) is 24.3 Å². The molecule has 2 rings (SSSR count). The molecule has 1 saturated heterocycles. The van der Waals surface area contributed by atoms with Crippen LogP contribution in [0.25, 0.3) is 0 Å². The normalized spacial score (nSPS) is 21.5. The van der Waals surface area contributed by atoms with Crippen LogP contribution < -0.4 is 10.1 Å². The summed E-state index contributed by atoms with van der Waals surface area (Å²) in [4.78, 5) is 0. The van der Waals surface area contributed by atoms with Crippen LogP contribution in [0.2, 0.25) is 0 Å². The van der Waals surface area contributed by atoms with Gasteiger partial charge in [-0.15, -0.1) is 0 Å². The molecule has 2 atom stereocenters. The van der Waals surface area contributed by atoms with E-state index in [9.17, 15) is 8.42 Å². The molecule has 0 unspecified atom stereocenters. The third kappa shape index (κ3) is 7.12. The molecule has 0 bridgehead atoms. The van der Waals surface area contributed by atoms with E-state index in [4.69, 9.17) is 8.92 Å². The van der Waals surface area contributed by atoms with Crippen molar-refractivity contribution in [1.29, 1.82) is 0 Å². The number of thioether (sulfide) groups is 1. The summed E-state index contributed by atoms with van der Waals surface area (Å²) >= 11 is 1.97. The average Bonchev–Trinajstić information content (AvgIpc) is 2.97. The minimum atomic E-state index is -3.31. The quantitative estimate of drug-likeness (QED) is 0.540. The molecule has 0 amide bonds. The van der Waals surface area contributed by atoms with E-state index in [1.807, 2.05) is 23.9 Å². The molecule has 23 heavy (non-hydrogen) atoms. The molecule has 1 aliphatic rings. The van der Waals surface area contributed by atoms with Crippen LogP contribution >= 0.6 is 11.8 Å². The lowest BCUT2D eigenvalue weighted by atomic mass is 10.1. The molecule has 0 saturated carbocycles. The van der Waals surface area contributed by atoms with Gasteiger partial charge in [-0.25, -0.2) is 0 Å². The van der Waals surface area contributed by atoms with Gasteiger partial charge in [-0.3, -0.25) is 4.18 Å². The third-order valence-corrected chi connectivity index (χ3v) is 5.75. The van der Waals surface area contributed by atoms with E-state index < -0.39 is 10.1 Å². The van der Waals surface area contributed by atoms with Crippen LogP contribution in [0.5, 0.6) is 5.75 Å². The second-order valence-electron chi connectivity index (χ2n) is 5.79. The molecule has 130 valence electrons. The van der Waals surface area contributed by atoms with Gasteiger partial charge in [0.1, 0.15) is 5.75 Å². The lowest BCUT2D eigenvalue weighted by Gasteiger charge is -2.11. The van der Waals surface area contributed by atoms with Crippen LogP contribution in [0.1, 0.15) is 24.8 Å². The Bertz CT molecular complexity index is 574. The van der Waals surface area contributed by atoms with E-state index in [-0.39, 0.29) is 6.61 Å². The third-order valence-electron chi connectivity index (χ3n) is 3.82. The zero-order valence-electron chi connectivity index (χ0n) is 13.7. The van der Waals surface area contributed by atoms with E-state index in [0.717, 1.165) is 43.6 Å². The van der Waals surface area contributed by atoms with Gasteiger partial charge in [0.25, 0.3) is 10.1 Å². The van der Waals surface area contributed by atoms with Gasteiger partial charge in [0, 0.05) is 23.6 Å². The minimum absolute atomic E-state index is 0.278. The van der Waals surface area contributed by atoms with Gasteiger partial charge in [-0.05, 0) is 37.0 Å². The zero-order valence-corrected chi connectivity index (χ0v) is 15.3.